The molecular weight excluding hydrogens is 160 g/mol. The second-order valence-electron chi connectivity index (χ2n) is 3.97. The van der Waals surface area contributed by atoms with E-state index >= 15 is 0 Å². The highest BCUT2D eigenvalue weighted by Crippen LogP contribution is 2.25. The van der Waals surface area contributed by atoms with E-state index in [1.54, 1.807) is 0 Å². The van der Waals surface area contributed by atoms with Gasteiger partial charge in [-0.15, -0.1) is 0 Å². The third kappa shape index (κ3) is 1.61. The zero-order chi connectivity index (χ0) is 9.26. The Kier molecular flexibility index (Phi) is 2.36. The van der Waals surface area contributed by atoms with Crippen LogP contribution >= 0.6 is 0 Å². The van der Waals surface area contributed by atoms with Crippen LogP contribution in [-0.2, 0) is 12.8 Å². The summed E-state index contributed by atoms with van der Waals surface area (Å²) in [5, 5.41) is 9.04. The number of aliphatic hydroxyl groups is 1. The SMILES string of the molecule is CC(CO)c1ccc2c(c1)CCC2. The van der Waals surface area contributed by atoms with E-state index in [0.717, 1.165) is 0 Å². The van der Waals surface area contributed by atoms with Crippen LogP contribution in [0.2, 0.25) is 0 Å². The van der Waals surface area contributed by atoms with Gasteiger partial charge in [0.15, 0.2) is 0 Å². The minimum absolute atomic E-state index is 0.249. The summed E-state index contributed by atoms with van der Waals surface area (Å²) >= 11 is 0. The van der Waals surface area contributed by atoms with Crippen LogP contribution in [-0.4, -0.2) is 11.7 Å². The fourth-order valence-electron chi connectivity index (χ4n) is 2.00. The summed E-state index contributed by atoms with van der Waals surface area (Å²) in [5.41, 5.74) is 4.29. The van der Waals surface area contributed by atoms with Gasteiger partial charge in [-0.2, -0.15) is 0 Å². The molecule has 0 amide bonds. The molecule has 0 spiro atoms. The molecular formula is C12H16O. The van der Waals surface area contributed by atoms with Crippen molar-refractivity contribution in [3.8, 4) is 0 Å². The molecule has 13 heavy (non-hydrogen) atoms. The maximum absolute atomic E-state index is 9.04. The molecule has 0 saturated heterocycles. The largest absolute Gasteiger partial charge is 0.396 e. The molecule has 0 aliphatic heterocycles. The second kappa shape index (κ2) is 3.51. The standard InChI is InChI=1S/C12H16O/c1-9(8-13)11-6-5-10-3-2-4-12(10)7-11/h5-7,9,13H,2-4,8H2,1H3. The monoisotopic (exact) mass is 176 g/mol. The van der Waals surface area contributed by atoms with E-state index in [1.165, 1.54) is 36.0 Å². The van der Waals surface area contributed by atoms with E-state index in [9.17, 15) is 0 Å². The van der Waals surface area contributed by atoms with E-state index in [2.05, 4.69) is 25.1 Å². The normalized spacial score (nSPS) is 17.1. The summed E-state index contributed by atoms with van der Waals surface area (Å²) in [4.78, 5) is 0. The van der Waals surface area contributed by atoms with Crippen LogP contribution in [0.15, 0.2) is 18.2 Å². The maximum Gasteiger partial charge on any atom is 0.0497 e. The molecule has 1 aliphatic carbocycles. The molecule has 1 aliphatic rings. The summed E-state index contributed by atoms with van der Waals surface area (Å²) in [6.45, 7) is 2.31. The van der Waals surface area contributed by atoms with Crippen molar-refractivity contribution in [2.24, 2.45) is 0 Å². The summed E-state index contributed by atoms with van der Waals surface area (Å²) in [6.07, 6.45) is 3.76. The highest BCUT2D eigenvalue weighted by Gasteiger charge is 2.12. The zero-order valence-electron chi connectivity index (χ0n) is 8.09. The summed E-state index contributed by atoms with van der Waals surface area (Å²) in [7, 11) is 0. The maximum atomic E-state index is 9.04. The Hall–Kier alpha value is -0.820. The number of benzene rings is 1. The quantitative estimate of drug-likeness (QED) is 0.733. The first-order valence-electron chi connectivity index (χ1n) is 5.04. The molecule has 1 heteroatoms. The van der Waals surface area contributed by atoms with Gasteiger partial charge < -0.3 is 5.11 Å². The smallest absolute Gasteiger partial charge is 0.0497 e. The van der Waals surface area contributed by atoms with Crippen molar-refractivity contribution in [3.05, 3.63) is 34.9 Å². The Balaban J connectivity index is 2.30. The van der Waals surface area contributed by atoms with Gasteiger partial charge in [0, 0.05) is 12.5 Å². The molecule has 2 rings (SSSR count). The fraction of sp³-hybridized carbons (Fsp3) is 0.500. The summed E-state index contributed by atoms with van der Waals surface area (Å²) < 4.78 is 0. The lowest BCUT2D eigenvalue weighted by molar-refractivity contribution is 0.273. The van der Waals surface area contributed by atoms with Crippen LogP contribution in [0.3, 0.4) is 0 Å². The van der Waals surface area contributed by atoms with Crippen LogP contribution in [0, 0.1) is 0 Å². The Morgan fingerprint density at radius 2 is 2.08 bits per heavy atom. The predicted molar refractivity (Wildman–Crippen MR) is 54.0 cm³/mol. The molecule has 0 aromatic heterocycles. The van der Waals surface area contributed by atoms with Crippen molar-refractivity contribution in [2.45, 2.75) is 32.1 Å². The van der Waals surface area contributed by atoms with Crippen LogP contribution < -0.4 is 0 Å². The Morgan fingerprint density at radius 3 is 2.85 bits per heavy atom. The number of hydrogen-bond acceptors (Lipinski definition) is 1. The Morgan fingerprint density at radius 1 is 1.31 bits per heavy atom. The van der Waals surface area contributed by atoms with E-state index in [4.69, 9.17) is 5.11 Å². The van der Waals surface area contributed by atoms with Crippen LogP contribution in [0.1, 0.15) is 36.0 Å². The van der Waals surface area contributed by atoms with E-state index in [1.807, 2.05) is 0 Å². The van der Waals surface area contributed by atoms with Crippen molar-refractivity contribution in [3.63, 3.8) is 0 Å². The summed E-state index contributed by atoms with van der Waals surface area (Å²) in [6, 6.07) is 6.65. The number of rotatable bonds is 2. The minimum Gasteiger partial charge on any atom is -0.396 e. The molecule has 0 saturated carbocycles. The molecule has 1 aromatic carbocycles. The van der Waals surface area contributed by atoms with Gasteiger partial charge in [0.05, 0.1) is 0 Å². The first-order chi connectivity index (χ1) is 6.31. The lowest BCUT2D eigenvalue weighted by atomic mass is 9.98. The minimum atomic E-state index is 0.249. The first-order valence-corrected chi connectivity index (χ1v) is 5.04. The molecule has 1 nitrogen and oxygen atoms in total. The lowest BCUT2D eigenvalue weighted by Crippen LogP contribution is -1.99. The molecule has 0 radical (unpaired) electrons. The molecule has 1 N–H and O–H groups in total. The average Bonchev–Trinajstić information content (AvgIpc) is 2.63. The van der Waals surface area contributed by atoms with Gasteiger partial charge in [0.25, 0.3) is 0 Å². The van der Waals surface area contributed by atoms with E-state index in [-0.39, 0.29) is 12.5 Å². The Bertz CT molecular complexity index is 304. The number of fused-ring (bicyclic) bond motifs is 1. The van der Waals surface area contributed by atoms with Gasteiger partial charge >= 0.3 is 0 Å². The third-order valence-corrected chi connectivity index (χ3v) is 2.97. The van der Waals surface area contributed by atoms with Gasteiger partial charge in [-0.1, -0.05) is 25.1 Å². The summed E-state index contributed by atoms with van der Waals surface area (Å²) in [5.74, 6) is 0.283. The molecule has 0 bridgehead atoms. The highest BCUT2D eigenvalue weighted by molar-refractivity contribution is 5.36. The number of aliphatic hydroxyl groups excluding tert-OH is 1. The highest BCUT2D eigenvalue weighted by atomic mass is 16.3. The average molecular weight is 176 g/mol. The molecule has 1 unspecified atom stereocenters. The molecule has 1 atom stereocenters. The molecule has 70 valence electrons. The predicted octanol–water partition coefficient (Wildman–Crippen LogP) is 2.27. The second-order valence-corrected chi connectivity index (χ2v) is 3.97. The topological polar surface area (TPSA) is 20.2 Å². The van der Waals surface area contributed by atoms with Gasteiger partial charge in [-0.25, -0.2) is 0 Å². The molecule has 1 aromatic rings. The fourth-order valence-corrected chi connectivity index (χ4v) is 2.00. The number of aryl methyl sites for hydroxylation is 2. The molecule has 0 fully saturated rings. The number of hydrogen-bond donors (Lipinski definition) is 1. The van der Waals surface area contributed by atoms with Gasteiger partial charge in [-0.3, -0.25) is 0 Å². The van der Waals surface area contributed by atoms with Crippen LogP contribution in [0.25, 0.3) is 0 Å². The van der Waals surface area contributed by atoms with E-state index in [0.29, 0.717) is 0 Å². The van der Waals surface area contributed by atoms with Crippen molar-refractivity contribution in [1.29, 1.82) is 0 Å². The van der Waals surface area contributed by atoms with Crippen LogP contribution in [0.4, 0.5) is 0 Å². The van der Waals surface area contributed by atoms with Crippen molar-refractivity contribution in [1.82, 2.24) is 0 Å². The first kappa shape index (κ1) is 8.76. The third-order valence-electron chi connectivity index (χ3n) is 2.97. The van der Waals surface area contributed by atoms with Gasteiger partial charge in [0.1, 0.15) is 0 Å². The van der Waals surface area contributed by atoms with Crippen molar-refractivity contribution >= 4 is 0 Å². The van der Waals surface area contributed by atoms with Gasteiger partial charge in [-0.05, 0) is 36.0 Å². The van der Waals surface area contributed by atoms with Crippen LogP contribution in [0.5, 0.6) is 0 Å². The van der Waals surface area contributed by atoms with E-state index < -0.39 is 0 Å². The molecule has 0 heterocycles. The Labute approximate surface area is 79.4 Å². The zero-order valence-corrected chi connectivity index (χ0v) is 8.09. The van der Waals surface area contributed by atoms with Crippen molar-refractivity contribution in [2.75, 3.05) is 6.61 Å². The van der Waals surface area contributed by atoms with Gasteiger partial charge in [0.2, 0.25) is 0 Å². The lowest BCUT2D eigenvalue weighted by Gasteiger charge is -2.09. The van der Waals surface area contributed by atoms with Crippen molar-refractivity contribution < 1.29 is 5.11 Å².